The number of unbranched alkanes of at least 4 members (excludes halogenated alkanes) is 1. The van der Waals surface area contributed by atoms with Crippen LogP contribution in [-0.4, -0.2) is 76.1 Å². The molecule has 1 saturated heterocycles. The fraction of sp³-hybridized carbons (Fsp3) is 0.519. The maximum atomic E-state index is 13.9. The summed E-state index contributed by atoms with van der Waals surface area (Å²) in [5.74, 6) is 0. The van der Waals surface area contributed by atoms with Gasteiger partial charge in [-0.3, -0.25) is 5.41 Å². The van der Waals surface area contributed by atoms with E-state index in [1.807, 2.05) is 0 Å². The van der Waals surface area contributed by atoms with Crippen molar-refractivity contribution in [3.05, 3.63) is 56.9 Å². The number of quaternary nitrogens is 1. The van der Waals surface area contributed by atoms with Gasteiger partial charge in [0.05, 0.1) is 36.8 Å². The van der Waals surface area contributed by atoms with Gasteiger partial charge in [-0.2, -0.15) is 43.9 Å². The molecule has 45 heavy (non-hydrogen) atoms. The normalized spacial score (nSPS) is 19.0. The van der Waals surface area contributed by atoms with E-state index in [9.17, 15) is 60.7 Å². The Morgan fingerprint density at radius 2 is 1.27 bits per heavy atom. The molecule has 0 aromatic heterocycles. The molecule has 0 bridgehead atoms. The lowest BCUT2D eigenvalue weighted by Crippen LogP contribution is -2.48. The maximum Gasteiger partial charge on any atom is 0.469 e. The van der Waals surface area contributed by atoms with Crippen molar-refractivity contribution in [1.82, 2.24) is 0 Å². The van der Waals surface area contributed by atoms with Gasteiger partial charge in [-0.1, -0.05) is 37.6 Å². The molecule has 1 heterocycles. The van der Waals surface area contributed by atoms with Gasteiger partial charge in [0, 0.05) is 18.4 Å². The van der Waals surface area contributed by atoms with Crippen LogP contribution in [0.4, 0.5) is 43.9 Å². The lowest BCUT2D eigenvalue weighted by molar-refractivity contribution is -0.915. The topological polar surface area (TPSA) is 92.1 Å². The SMILES string of the molecule is CCCC[N+]1(CC)CCCC1.N=C1C2=Cc3ccccc3C2=CC(S(=O)(=O)C(F)(F)C(F)(F)F)=C1S(=O)(=O)C(F)(F)C(F)(F)F. The largest absolute Gasteiger partial charge is 0.469 e. The van der Waals surface area contributed by atoms with E-state index in [0.717, 1.165) is 12.1 Å². The highest BCUT2D eigenvalue weighted by atomic mass is 32.2. The van der Waals surface area contributed by atoms with Crippen molar-refractivity contribution in [2.45, 2.75) is 62.4 Å². The quantitative estimate of drug-likeness (QED) is 0.228. The minimum atomic E-state index is -7.40. The number of alkyl halides is 10. The monoisotopic (exact) mass is 699 g/mol. The Morgan fingerprint density at radius 3 is 1.76 bits per heavy atom. The predicted octanol–water partition coefficient (Wildman–Crippen LogP) is 7.27. The molecule has 1 aromatic rings. The van der Waals surface area contributed by atoms with E-state index in [4.69, 9.17) is 5.41 Å². The molecule has 0 spiro atoms. The van der Waals surface area contributed by atoms with Gasteiger partial charge in [0.15, 0.2) is 0 Å². The van der Waals surface area contributed by atoms with E-state index in [-0.39, 0.29) is 17.2 Å². The molecule has 1 N–H and O–H groups in total. The van der Waals surface area contributed by atoms with E-state index in [1.165, 1.54) is 74.5 Å². The Hall–Kier alpha value is -2.73. The number of allylic oxidation sites excluding steroid dienone is 4. The summed E-state index contributed by atoms with van der Waals surface area (Å²) in [4.78, 5) is -5.57. The van der Waals surface area contributed by atoms with Gasteiger partial charge < -0.3 is 4.48 Å². The minimum absolute atomic E-state index is 0.0223. The van der Waals surface area contributed by atoms with Crippen molar-refractivity contribution in [2.75, 3.05) is 26.2 Å². The number of fused-ring (bicyclic) bond motifs is 3. The summed E-state index contributed by atoms with van der Waals surface area (Å²) < 4.78 is 183. The third kappa shape index (κ3) is 6.21. The van der Waals surface area contributed by atoms with Crippen LogP contribution in [0.1, 0.15) is 50.7 Å². The molecule has 0 unspecified atom stereocenters. The molecule has 1 fully saturated rings. The average molecular weight is 700 g/mol. The van der Waals surface area contributed by atoms with Gasteiger partial charge >= 0.3 is 22.9 Å². The molecule has 3 aliphatic rings. The van der Waals surface area contributed by atoms with Crippen molar-refractivity contribution in [1.29, 1.82) is 5.41 Å². The molecule has 4 rings (SSSR count). The summed E-state index contributed by atoms with van der Waals surface area (Å²) >= 11 is 0. The first-order valence-electron chi connectivity index (χ1n) is 13.5. The molecular weight excluding hydrogens is 670 g/mol. The van der Waals surface area contributed by atoms with Crippen LogP contribution in [0.2, 0.25) is 0 Å². The van der Waals surface area contributed by atoms with Crippen LogP contribution in [0.25, 0.3) is 11.6 Å². The molecular formula is C27H29F10N2O4S2+. The number of nitrogens with zero attached hydrogens (tertiary/aromatic N) is 1. The first-order valence-corrected chi connectivity index (χ1v) is 16.5. The van der Waals surface area contributed by atoms with Crippen molar-refractivity contribution in [3.8, 4) is 0 Å². The van der Waals surface area contributed by atoms with E-state index >= 15 is 0 Å². The van der Waals surface area contributed by atoms with E-state index in [1.54, 1.807) is 0 Å². The van der Waals surface area contributed by atoms with Gasteiger partial charge in [-0.15, -0.1) is 0 Å². The third-order valence-electron chi connectivity index (χ3n) is 7.90. The Kier molecular flexibility index (Phi) is 9.90. The summed E-state index contributed by atoms with van der Waals surface area (Å²) in [6, 6.07) is 4.95. The zero-order chi connectivity index (χ0) is 34.4. The molecule has 6 nitrogen and oxygen atoms in total. The summed E-state index contributed by atoms with van der Waals surface area (Å²) in [5, 5.41) is -5.85. The number of hydrogen-bond acceptors (Lipinski definition) is 5. The highest BCUT2D eigenvalue weighted by Gasteiger charge is 2.72. The second-order valence-corrected chi connectivity index (χ2v) is 14.6. The molecule has 2 aliphatic carbocycles. The number of benzene rings is 1. The summed E-state index contributed by atoms with van der Waals surface area (Å²) in [5.41, 5.74) is -3.48. The molecule has 0 amide bonds. The second-order valence-electron chi connectivity index (χ2n) is 10.7. The van der Waals surface area contributed by atoms with E-state index in [0.29, 0.717) is 0 Å². The molecule has 1 aromatic carbocycles. The van der Waals surface area contributed by atoms with Crippen LogP contribution in [0, 0.1) is 5.41 Å². The van der Waals surface area contributed by atoms with Crippen molar-refractivity contribution in [2.24, 2.45) is 0 Å². The first-order chi connectivity index (χ1) is 20.4. The second kappa shape index (κ2) is 12.1. The fourth-order valence-electron chi connectivity index (χ4n) is 5.29. The molecule has 1 aliphatic heterocycles. The van der Waals surface area contributed by atoms with Crippen LogP contribution in [0.5, 0.6) is 0 Å². The van der Waals surface area contributed by atoms with Crippen molar-refractivity contribution in [3.63, 3.8) is 0 Å². The zero-order valence-electron chi connectivity index (χ0n) is 23.8. The Bertz CT molecular complexity index is 1650. The predicted molar refractivity (Wildman–Crippen MR) is 147 cm³/mol. The van der Waals surface area contributed by atoms with E-state index < -0.39 is 69.2 Å². The number of sulfone groups is 2. The number of nitrogens with one attached hydrogen (secondary N) is 1. The van der Waals surface area contributed by atoms with Crippen LogP contribution in [-0.2, 0) is 19.7 Å². The van der Waals surface area contributed by atoms with Crippen LogP contribution >= 0.6 is 0 Å². The zero-order valence-corrected chi connectivity index (χ0v) is 25.4. The van der Waals surface area contributed by atoms with E-state index in [2.05, 4.69) is 13.8 Å². The maximum absolute atomic E-state index is 13.9. The number of rotatable bonds is 8. The Labute approximate surface area is 253 Å². The van der Waals surface area contributed by atoms with Crippen molar-refractivity contribution < 1.29 is 65.2 Å². The van der Waals surface area contributed by atoms with Gasteiger partial charge in [0.1, 0.15) is 4.91 Å². The average Bonchev–Trinajstić information content (AvgIpc) is 3.56. The number of halogens is 10. The molecule has 252 valence electrons. The Morgan fingerprint density at radius 1 is 0.756 bits per heavy atom. The minimum Gasteiger partial charge on any atom is -0.324 e. The summed E-state index contributed by atoms with van der Waals surface area (Å²) in [7, 11) is -14.7. The molecule has 18 heteroatoms. The van der Waals surface area contributed by atoms with Gasteiger partial charge in [0.2, 0.25) is 0 Å². The summed E-state index contributed by atoms with van der Waals surface area (Å²) in [6.45, 7) is 10.4. The standard InChI is InChI=1S/C17H7F10NO4S2.C10H22N/c18-14(19,20)16(24,25)33(29,30)11-6-9-8-4-2-1-3-7(8)5-10(9)12(28)13(11)34(31,32)17(26,27)15(21,22)23;1-3-5-8-11(4-2)9-6-7-10-11/h1-6,28H;3-10H2,1-2H3/q;+1. The highest BCUT2D eigenvalue weighted by molar-refractivity contribution is 8.01. The number of likely N-dealkylation sites (tertiary alicyclic amines) is 1. The van der Waals surface area contributed by atoms with Gasteiger partial charge in [0.25, 0.3) is 19.7 Å². The smallest absolute Gasteiger partial charge is 0.324 e. The molecule has 0 atom stereocenters. The number of hydrogen-bond donors (Lipinski definition) is 1. The Balaban J connectivity index is 0.000000423. The van der Waals surface area contributed by atoms with Crippen LogP contribution < -0.4 is 0 Å². The van der Waals surface area contributed by atoms with Crippen molar-refractivity contribution >= 4 is 37.0 Å². The van der Waals surface area contributed by atoms with Gasteiger partial charge in [-0.25, -0.2) is 16.8 Å². The first kappa shape index (κ1) is 36.7. The lowest BCUT2D eigenvalue weighted by Gasteiger charge is -2.32. The lowest BCUT2D eigenvalue weighted by atomic mass is 9.95. The fourth-order valence-corrected chi connectivity index (χ4v) is 8.41. The molecule has 0 radical (unpaired) electrons. The van der Waals surface area contributed by atoms with Gasteiger partial charge in [-0.05, 0) is 42.2 Å². The third-order valence-corrected chi connectivity index (χ3v) is 11.7. The van der Waals surface area contributed by atoms with Crippen LogP contribution in [0.3, 0.4) is 0 Å². The molecule has 0 saturated carbocycles. The highest BCUT2D eigenvalue weighted by Crippen LogP contribution is 2.52. The van der Waals surface area contributed by atoms with Crippen LogP contribution in [0.15, 0.2) is 45.7 Å². The summed E-state index contributed by atoms with van der Waals surface area (Å²) in [6.07, 6.45) is -7.49.